The van der Waals surface area contributed by atoms with Gasteiger partial charge in [-0.05, 0) is 25.7 Å². The van der Waals surface area contributed by atoms with Gasteiger partial charge in [-0.25, -0.2) is 0 Å². The Hall–Kier alpha value is -0.570. The lowest BCUT2D eigenvalue weighted by molar-refractivity contribution is -0.143. The number of nitrogens with zero attached hydrogens (tertiary/aromatic N) is 1. The number of likely N-dealkylation sites (tertiary alicyclic amines) is 1. The third-order valence-electron chi connectivity index (χ3n) is 5.27. The van der Waals surface area contributed by atoms with E-state index in [2.05, 4.69) is 6.92 Å². The van der Waals surface area contributed by atoms with Gasteiger partial charge in [0, 0.05) is 25.4 Å². The van der Waals surface area contributed by atoms with Gasteiger partial charge < -0.3 is 10.0 Å². The third-order valence-corrected chi connectivity index (χ3v) is 5.27. The lowest BCUT2D eigenvalue weighted by Crippen LogP contribution is -2.54. The molecule has 1 aliphatic heterocycles. The van der Waals surface area contributed by atoms with Crippen molar-refractivity contribution < 1.29 is 9.90 Å². The van der Waals surface area contributed by atoms with Gasteiger partial charge in [0.1, 0.15) is 0 Å². The molecule has 116 valence electrons. The summed E-state index contributed by atoms with van der Waals surface area (Å²) >= 11 is 0. The third kappa shape index (κ3) is 3.97. The molecule has 2 fully saturated rings. The average molecular weight is 281 g/mol. The largest absolute Gasteiger partial charge is 0.389 e. The second kappa shape index (κ2) is 7.44. The van der Waals surface area contributed by atoms with Gasteiger partial charge >= 0.3 is 0 Å². The van der Waals surface area contributed by atoms with Crippen molar-refractivity contribution in [3.05, 3.63) is 0 Å². The van der Waals surface area contributed by atoms with Crippen LogP contribution in [-0.2, 0) is 4.79 Å². The predicted molar refractivity (Wildman–Crippen MR) is 81.5 cm³/mol. The Labute approximate surface area is 123 Å². The smallest absolute Gasteiger partial charge is 0.222 e. The highest BCUT2D eigenvalue weighted by atomic mass is 16.3. The van der Waals surface area contributed by atoms with Gasteiger partial charge in [-0.2, -0.15) is 0 Å². The molecule has 1 N–H and O–H groups in total. The van der Waals surface area contributed by atoms with Crippen molar-refractivity contribution in [2.45, 2.75) is 83.2 Å². The minimum absolute atomic E-state index is 0.314. The number of amides is 1. The summed E-state index contributed by atoms with van der Waals surface area (Å²) in [5.41, 5.74) is -0.462. The molecule has 3 heteroatoms. The number of unbranched alkanes of at least 4 members (excludes halogenated alkanes) is 4. The van der Waals surface area contributed by atoms with Crippen molar-refractivity contribution in [3.63, 3.8) is 0 Å². The van der Waals surface area contributed by atoms with E-state index in [1.54, 1.807) is 0 Å². The van der Waals surface area contributed by atoms with Crippen molar-refractivity contribution in [1.29, 1.82) is 0 Å². The van der Waals surface area contributed by atoms with Crippen molar-refractivity contribution in [3.8, 4) is 0 Å². The Morgan fingerprint density at radius 2 is 2.00 bits per heavy atom. The van der Waals surface area contributed by atoms with Gasteiger partial charge in [-0.15, -0.1) is 0 Å². The van der Waals surface area contributed by atoms with Crippen LogP contribution in [0.5, 0.6) is 0 Å². The number of hydrogen-bond donors (Lipinski definition) is 1. The minimum atomic E-state index is -0.462. The highest BCUT2D eigenvalue weighted by Crippen LogP contribution is 2.39. The SMILES string of the molecule is CCCCCCCC(=O)N1CCC2(O)CCCCC2C1. The summed E-state index contributed by atoms with van der Waals surface area (Å²) in [6, 6.07) is 0. The molecule has 2 aliphatic rings. The van der Waals surface area contributed by atoms with Crippen LogP contribution in [0.15, 0.2) is 0 Å². The van der Waals surface area contributed by atoms with E-state index in [0.29, 0.717) is 18.2 Å². The first kappa shape index (κ1) is 15.8. The average Bonchev–Trinajstić information content (AvgIpc) is 2.46. The van der Waals surface area contributed by atoms with Crippen LogP contribution in [-0.4, -0.2) is 34.6 Å². The molecule has 0 aromatic heterocycles. The number of aliphatic hydroxyl groups is 1. The zero-order valence-corrected chi connectivity index (χ0v) is 13.1. The zero-order chi connectivity index (χ0) is 14.4. The summed E-state index contributed by atoms with van der Waals surface area (Å²) in [4.78, 5) is 14.3. The number of piperidine rings is 1. The summed E-state index contributed by atoms with van der Waals surface area (Å²) < 4.78 is 0. The van der Waals surface area contributed by atoms with Crippen LogP contribution < -0.4 is 0 Å². The van der Waals surface area contributed by atoms with Crippen molar-refractivity contribution in [1.82, 2.24) is 4.90 Å². The van der Waals surface area contributed by atoms with Crippen molar-refractivity contribution >= 4 is 5.91 Å². The second-order valence-electron chi connectivity index (χ2n) is 6.80. The molecule has 1 saturated heterocycles. The molecular formula is C17H31NO2. The highest BCUT2D eigenvalue weighted by molar-refractivity contribution is 5.76. The van der Waals surface area contributed by atoms with Crippen LogP contribution in [0.4, 0.5) is 0 Å². The zero-order valence-electron chi connectivity index (χ0n) is 13.1. The second-order valence-corrected chi connectivity index (χ2v) is 6.80. The van der Waals surface area contributed by atoms with E-state index in [1.807, 2.05) is 4.90 Å². The highest BCUT2D eigenvalue weighted by Gasteiger charge is 2.43. The summed E-state index contributed by atoms with van der Waals surface area (Å²) in [6.07, 6.45) is 11.9. The van der Waals surface area contributed by atoms with Crippen molar-refractivity contribution in [2.75, 3.05) is 13.1 Å². The van der Waals surface area contributed by atoms with Crippen LogP contribution in [0, 0.1) is 5.92 Å². The Balaban J connectivity index is 1.72. The summed E-state index contributed by atoms with van der Waals surface area (Å²) in [5, 5.41) is 10.6. The predicted octanol–water partition coefficient (Wildman–Crippen LogP) is 3.50. The molecule has 2 rings (SSSR count). The molecule has 2 unspecified atom stereocenters. The van der Waals surface area contributed by atoms with E-state index in [4.69, 9.17) is 0 Å². The van der Waals surface area contributed by atoms with E-state index in [0.717, 1.165) is 45.2 Å². The Morgan fingerprint density at radius 3 is 2.80 bits per heavy atom. The molecule has 1 saturated carbocycles. The normalized spacial score (nSPS) is 30.1. The Morgan fingerprint density at radius 1 is 1.20 bits per heavy atom. The van der Waals surface area contributed by atoms with E-state index >= 15 is 0 Å². The molecule has 1 heterocycles. The lowest BCUT2D eigenvalue weighted by atomic mass is 9.71. The molecule has 2 atom stereocenters. The van der Waals surface area contributed by atoms with E-state index in [1.165, 1.54) is 32.1 Å². The van der Waals surface area contributed by atoms with Crippen LogP contribution >= 0.6 is 0 Å². The fourth-order valence-corrected chi connectivity index (χ4v) is 3.84. The number of hydrogen-bond acceptors (Lipinski definition) is 2. The standard InChI is InChI=1S/C17H31NO2/c1-2-3-4-5-6-10-16(19)18-13-12-17(20)11-8-7-9-15(17)14-18/h15,20H,2-14H2,1H3. The maximum absolute atomic E-state index is 12.3. The van der Waals surface area contributed by atoms with Gasteiger partial charge in [-0.1, -0.05) is 45.4 Å². The first-order valence-electron chi connectivity index (χ1n) is 8.66. The van der Waals surface area contributed by atoms with Crippen LogP contribution in [0.25, 0.3) is 0 Å². The maximum atomic E-state index is 12.3. The van der Waals surface area contributed by atoms with Gasteiger partial charge in [0.2, 0.25) is 5.91 Å². The maximum Gasteiger partial charge on any atom is 0.222 e. The van der Waals surface area contributed by atoms with E-state index in [9.17, 15) is 9.90 Å². The Kier molecular flexibility index (Phi) is 5.88. The molecule has 20 heavy (non-hydrogen) atoms. The summed E-state index contributed by atoms with van der Waals surface area (Å²) in [5.74, 6) is 0.642. The molecule has 0 radical (unpaired) electrons. The molecule has 0 bridgehead atoms. The number of fused-ring (bicyclic) bond motifs is 1. The molecule has 3 nitrogen and oxygen atoms in total. The molecule has 1 amide bonds. The summed E-state index contributed by atoms with van der Waals surface area (Å²) in [7, 11) is 0. The van der Waals surface area contributed by atoms with E-state index in [-0.39, 0.29) is 0 Å². The first-order valence-corrected chi connectivity index (χ1v) is 8.66. The van der Waals surface area contributed by atoms with Crippen LogP contribution in [0.1, 0.15) is 77.6 Å². The minimum Gasteiger partial charge on any atom is -0.389 e. The van der Waals surface area contributed by atoms with Gasteiger partial charge in [0.25, 0.3) is 0 Å². The molecule has 0 spiro atoms. The topological polar surface area (TPSA) is 40.5 Å². The van der Waals surface area contributed by atoms with Gasteiger partial charge in [-0.3, -0.25) is 4.79 Å². The fourth-order valence-electron chi connectivity index (χ4n) is 3.84. The number of rotatable bonds is 6. The van der Waals surface area contributed by atoms with Gasteiger partial charge in [0.15, 0.2) is 0 Å². The monoisotopic (exact) mass is 281 g/mol. The van der Waals surface area contributed by atoms with Crippen LogP contribution in [0.3, 0.4) is 0 Å². The van der Waals surface area contributed by atoms with Crippen LogP contribution in [0.2, 0.25) is 0 Å². The molecule has 0 aromatic rings. The fraction of sp³-hybridized carbons (Fsp3) is 0.941. The number of carbonyl (C=O) groups excluding carboxylic acids is 1. The summed E-state index contributed by atoms with van der Waals surface area (Å²) in [6.45, 7) is 3.77. The Bertz CT molecular complexity index is 318. The molecule has 1 aliphatic carbocycles. The van der Waals surface area contributed by atoms with Gasteiger partial charge in [0.05, 0.1) is 5.60 Å². The molecular weight excluding hydrogens is 250 g/mol. The quantitative estimate of drug-likeness (QED) is 0.757. The molecule has 0 aromatic carbocycles. The lowest BCUT2D eigenvalue weighted by Gasteiger charge is -2.47. The number of carbonyl (C=O) groups is 1. The van der Waals surface area contributed by atoms with Crippen molar-refractivity contribution in [2.24, 2.45) is 5.92 Å². The van der Waals surface area contributed by atoms with E-state index < -0.39 is 5.60 Å². The first-order chi connectivity index (χ1) is 9.65.